The normalized spacial score (nSPS) is 15.7. The van der Waals surface area contributed by atoms with Crippen LogP contribution >= 0.6 is 0 Å². The van der Waals surface area contributed by atoms with Gasteiger partial charge < -0.3 is 5.32 Å². The molecule has 1 aliphatic rings. The predicted octanol–water partition coefficient (Wildman–Crippen LogP) is 3.64. The van der Waals surface area contributed by atoms with E-state index in [1.54, 1.807) is 18.2 Å². The van der Waals surface area contributed by atoms with E-state index < -0.39 is 0 Å². The molecule has 0 aliphatic carbocycles. The number of amidine groups is 1. The van der Waals surface area contributed by atoms with Gasteiger partial charge in [-0.25, -0.2) is 9.38 Å². The zero-order valence-corrected chi connectivity index (χ0v) is 12.8. The fraction of sp³-hybridized carbons (Fsp3) is 0.158. The van der Waals surface area contributed by atoms with Gasteiger partial charge in [-0.1, -0.05) is 48.0 Å². The zero-order chi connectivity index (χ0) is 16.2. The fourth-order valence-corrected chi connectivity index (χ4v) is 2.39. The van der Waals surface area contributed by atoms with Gasteiger partial charge in [0.25, 0.3) is 5.91 Å². The first-order valence-corrected chi connectivity index (χ1v) is 7.52. The van der Waals surface area contributed by atoms with E-state index in [1.807, 2.05) is 6.92 Å². The Morgan fingerprint density at radius 2 is 1.83 bits per heavy atom. The Labute approximate surface area is 134 Å². The smallest absolute Gasteiger partial charge is 0.275 e. The van der Waals surface area contributed by atoms with E-state index in [-0.39, 0.29) is 17.4 Å². The number of aliphatic imine (C=N–C) groups is 1. The number of halogens is 1. The molecule has 1 aliphatic heterocycles. The topological polar surface area (TPSA) is 41.5 Å². The van der Waals surface area contributed by atoms with E-state index in [4.69, 9.17) is 0 Å². The highest BCUT2D eigenvalue weighted by molar-refractivity contribution is 6.14. The van der Waals surface area contributed by atoms with Crippen LogP contribution in [-0.4, -0.2) is 11.7 Å². The van der Waals surface area contributed by atoms with Crippen LogP contribution < -0.4 is 5.32 Å². The SMILES string of the molecule is Cc1ccc(CCC2=N/C(=C\c3ccccc3F)C(=O)N2)cc1. The van der Waals surface area contributed by atoms with E-state index in [2.05, 4.69) is 34.6 Å². The third kappa shape index (κ3) is 3.72. The number of hydrogen-bond acceptors (Lipinski definition) is 2. The van der Waals surface area contributed by atoms with Crippen LogP contribution in [0.2, 0.25) is 0 Å². The molecule has 23 heavy (non-hydrogen) atoms. The molecular weight excluding hydrogens is 291 g/mol. The van der Waals surface area contributed by atoms with Crippen molar-refractivity contribution in [2.75, 3.05) is 0 Å². The van der Waals surface area contributed by atoms with Crippen LogP contribution in [0.3, 0.4) is 0 Å². The summed E-state index contributed by atoms with van der Waals surface area (Å²) in [6.07, 6.45) is 2.92. The number of nitrogens with one attached hydrogen (secondary N) is 1. The highest BCUT2D eigenvalue weighted by Crippen LogP contribution is 2.16. The van der Waals surface area contributed by atoms with Gasteiger partial charge in [0.05, 0.1) is 0 Å². The first-order chi connectivity index (χ1) is 11.1. The Hall–Kier alpha value is -2.75. The van der Waals surface area contributed by atoms with Crippen molar-refractivity contribution >= 4 is 17.8 Å². The van der Waals surface area contributed by atoms with Gasteiger partial charge in [-0.05, 0) is 31.1 Å². The number of rotatable bonds is 4. The summed E-state index contributed by atoms with van der Waals surface area (Å²) in [5.74, 6) is -0.0265. The molecule has 2 aromatic carbocycles. The Bertz CT molecular complexity index is 791. The number of nitrogens with zero attached hydrogens (tertiary/aromatic N) is 1. The standard InChI is InChI=1S/C19H17FN2O/c1-13-6-8-14(9-7-13)10-11-18-21-17(19(23)22-18)12-15-4-2-3-5-16(15)20/h2-9,12H,10-11H2,1H3,(H,21,22,23)/b17-12-. The van der Waals surface area contributed by atoms with Gasteiger partial charge >= 0.3 is 0 Å². The number of amides is 1. The highest BCUT2D eigenvalue weighted by Gasteiger charge is 2.20. The molecule has 1 amide bonds. The Morgan fingerprint density at radius 3 is 2.57 bits per heavy atom. The first-order valence-electron chi connectivity index (χ1n) is 7.52. The van der Waals surface area contributed by atoms with Crippen LogP contribution in [0.1, 0.15) is 23.1 Å². The number of carbonyl (C=O) groups is 1. The molecule has 116 valence electrons. The molecule has 1 N–H and O–H groups in total. The molecular formula is C19H17FN2O. The number of carbonyl (C=O) groups excluding carboxylic acids is 1. The lowest BCUT2D eigenvalue weighted by Gasteiger charge is -2.02. The molecule has 0 fully saturated rings. The van der Waals surface area contributed by atoms with Crippen LogP contribution in [-0.2, 0) is 11.2 Å². The van der Waals surface area contributed by atoms with Crippen LogP contribution in [0.5, 0.6) is 0 Å². The molecule has 1 heterocycles. The Balaban J connectivity index is 1.71. The average molecular weight is 308 g/mol. The predicted molar refractivity (Wildman–Crippen MR) is 89.5 cm³/mol. The van der Waals surface area contributed by atoms with Gasteiger partial charge in [-0.2, -0.15) is 0 Å². The molecule has 0 saturated carbocycles. The van der Waals surface area contributed by atoms with Crippen molar-refractivity contribution in [3.8, 4) is 0 Å². The van der Waals surface area contributed by atoms with Gasteiger partial charge in [0.15, 0.2) is 0 Å². The van der Waals surface area contributed by atoms with Crippen molar-refractivity contribution in [1.29, 1.82) is 0 Å². The molecule has 0 atom stereocenters. The highest BCUT2D eigenvalue weighted by atomic mass is 19.1. The second-order valence-corrected chi connectivity index (χ2v) is 5.55. The van der Waals surface area contributed by atoms with E-state index in [9.17, 15) is 9.18 Å². The Kier molecular flexibility index (Phi) is 4.33. The molecule has 0 bridgehead atoms. The van der Waals surface area contributed by atoms with Gasteiger partial charge in [-0.15, -0.1) is 0 Å². The molecule has 0 unspecified atom stereocenters. The molecule has 2 aromatic rings. The summed E-state index contributed by atoms with van der Waals surface area (Å²) in [6, 6.07) is 14.6. The van der Waals surface area contributed by atoms with E-state index in [0.717, 1.165) is 6.42 Å². The Morgan fingerprint density at radius 1 is 1.09 bits per heavy atom. The molecule has 3 nitrogen and oxygen atoms in total. The largest absolute Gasteiger partial charge is 0.309 e. The third-order valence-corrected chi connectivity index (χ3v) is 3.71. The summed E-state index contributed by atoms with van der Waals surface area (Å²) in [7, 11) is 0. The maximum atomic E-state index is 13.6. The van der Waals surface area contributed by atoms with E-state index in [1.165, 1.54) is 23.3 Å². The van der Waals surface area contributed by atoms with Crippen molar-refractivity contribution in [3.63, 3.8) is 0 Å². The average Bonchev–Trinajstić information content (AvgIpc) is 2.89. The van der Waals surface area contributed by atoms with E-state index in [0.29, 0.717) is 17.8 Å². The first kappa shape index (κ1) is 15.2. The van der Waals surface area contributed by atoms with Gasteiger partial charge in [0.2, 0.25) is 0 Å². The molecule has 0 saturated heterocycles. The minimum Gasteiger partial charge on any atom is -0.309 e. The molecule has 0 aromatic heterocycles. The minimum absolute atomic E-state index is 0.244. The minimum atomic E-state index is -0.365. The van der Waals surface area contributed by atoms with Gasteiger partial charge in [0.1, 0.15) is 17.3 Å². The van der Waals surface area contributed by atoms with Crippen LogP contribution in [0.4, 0.5) is 4.39 Å². The lowest BCUT2D eigenvalue weighted by atomic mass is 10.1. The summed E-state index contributed by atoms with van der Waals surface area (Å²) in [4.78, 5) is 16.2. The number of benzene rings is 2. The molecule has 3 rings (SSSR count). The van der Waals surface area contributed by atoms with Crippen molar-refractivity contribution in [3.05, 3.63) is 76.7 Å². The lowest BCUT2D eigenvalue weighted by molar-refractivity contribution is -0.115. The summed E-state index contributed by atoms with van der Waals surface area (Å²) >= 11 is 0. The second kappa shape index (κ2) is 6.57. The summed E-state index contributed by atoms with van der Waals surface area (Å²) in [5, 5.41) is 2.75. The summed E-state index contributed by atoms with van der Waals surface area (Å²) in [6.45, 7) is 2.05. The monoisotopic (exact) mass is 308 g/mol. The van der Waals surface area contributed by atoms with Crippen LogP contribution in [0, 0.1) is 12.7 Å². The van der Waals surface area contributed by atoms with Crippen LogP contribution in [0.15, 0.2) is 59.2 Å². The quantitative estimate of drug-likeness (QED) is 0.861. The zero-order valence-electron chi connectivity index (χ0n) is 12.8. The number of aryl methyl sites for hydroxylation is 2. The van der Waals surface area contributed by atoms with Crippen LogP contribution in [0.25, 0.3) is 6.08 Å². The fourth-order valence-electron chi connectivity index (χ4n) is 2.39. The maximum absolute atomic E-state index is 13.6. The van der Waals surface area contributed by atoms with E-state index >= 15 is 0 Å². The molecule has 4 heteroatoms. The lowest BCUT2D eigenvalue weighted by Crippen LogP contribution is -2.24. The van der Waals surface area contributed by atoms with Gasteiger partial charge in [0, 0.05) is 12.0 Å². The molecule has 0 spiro atoms. The number of hydrogen-bond donors (Lipinski definition) is 1. The maximum Gasteiger partial charge on any atom is 0.275 e. The van der Waals surface area contributed by atoms with Crippen molar-refractivity contribution in [2.24, 2.45) is 4.99 Å². The van der Waals surface area contributed by atoms with Crippen molar-refractivity contribution in [1.82, 2.24) is 5.32 Å². The van der Waals surface area contributed by atoms with Crippen molar-refractivity contribution in [2.45, 2.75) is 19.8 Å². The van der Waals surface area contributed by atoms with Crippen molar-refractivity contribution < 1.29 is 9.18 Å². The summed E-state index contributed by atoms with van der Waals surface area (Å²) in [5.41, 5.74) is 3.02. The summed E-state index contributed by atoms with van der Waals surface area (Å²) < 4.78 is 13.6. The third-order valence-electron chi connectivity index (χ3n) is 3.71. The van der Waals surface area contributed by atoms with Gasteiger partial charge in [-0.3, -0.25) is 4.79 Å². The second-order valence-electron chi connectivity index (χ2n) is 5.55. The molecule has 0 radical (unpaired) electrons.